The van der Waals surface area contributed by atoms with Crippen LogP contribution in [0, 0.1) is 17.1 Å². The minimum absolute atomic E-state index is 0.0482. The largest absolute Gasteiger partial charge is 0.492 e. The zero-order chi connectivity index (χ0) is 22.3. The second-order valence-electron chi connectivity index (χ2n) is 7.03. The van der Waals surface area contributed by atoms with Crippen molar-refractivity contribution in [2.45, 2.75) is 13.1 Å². The third kappa shape index (κ3) is 5.05. The van der Waals surface area contributed by atoms with Gasteiger partial charge in [0.25, 0.3) is 5.91 Å². The standard InChI is InChI=1S/C25H20FN3O2S/c26-20-7-9-21(10-8-20)31-12-11-29-17-19(23-5-1-2-6-24(23)29)14-18(15-27)25(30)28-16-22-4-3-13-32-22/h1-10,13-14,17H,11-12,16H2,(H,28,30)/b18-14+. The predicted octanol–water partition coefficient (Wildman–Crippen LogP) is 5.14. The predicted molar refractivity (Wildman–Crippen MR) is 124 cm³/mol. The first kappa shape index (κ1) is 21.3. The van der Waals surface area contributed by atoms with Gasteiger partial charge < -0.3 is 14.6 Å². The van der Waals surface area contributed by atoms with Crippen molar-refractivity contribution in [2.24, 2.45) is 0 Å². The maximum Gasteiger partial charge on any atom is 0.262 e. The van der Waals surface area contributed by atoms with E-state index in [0.29, 0.717) is 25.4 Å². The second kappa shape index (κ2) is 9.94. The number of carbonyl (C=O) groups is 1. The summed E-state index contributed by atoms with van der Waals surface area (Å²) in [5, 5.41) is 15.2. The summed E-state index contributed by atoms with van der Waals surface area (Å²) in [4.78, 5) is 13.5. The van der Waals surface area contributed by atoms with Crippen LogP contribution in [0.1, 0.15) is 10.4 Å². The molecule has 0 radical (unpaired) electrons. The van der Waals surface area contributed by atoms with E-state index in [2.05, 4.69) is 5.32 Å². The lowest BCUT2D eigenvalue weighted by Gasteiger charge is -2.08. The van der Waals surface area contributed by atoms with Crippen LogP contribution >= 0.6 is 11.3 Å². The van der Waals surface area contributed by atoms with E-state index in [0.717, 1.165) is 21.3 Å². The molecule has 0 fully saturated rings. The Labute approximate surface area is 189 Å². The van der Waals surface area contributed by atoms with Gasteiger partial charge in [-0.25, -0.2) is 4.39 Å². The number of ether oxygens (including phenoxy) is 1. The third-order valence-corrected chi connectivity index (χ3v) is 5.78. The Kier molecular flexibility index (Phi) is 6.63. The summed E-state index contributed by atoms with van der Waals surface area (Å²) in [5.74, 6) is -0.118. The molecule has 1 amide bonds. The van der Waals surface area contributed by atoms with Gasteiger partial charge in [-0.1, -0.05) is 24.3 Å². The summed E-state index contributed by atoms with van der Waals surface area (Å²) in [6, 6.07) is 19.5. The molecule has 160 valence electrons. The number of fused-ring (bicyclic) bond motifs is 1. The topological polar surface area (TPSA) is 67.0 Å². The van der Waals surface area contributed by atoms with E-state index in [1.807, 2.05) is 58.6 Å². The van der Waals surface area contributed by atoms with Crippen molar-refractivity contribution in [2.75, 3.05) is 6.61 Å². The number of nitriles is 1. The number of hydrogen-bond acceptors (Lipinski definition) is 4. The summed E-state index contributed by atoms with van der Waals surface area (Å²) in [7, 11) is 0. The lowest BCUT2D eigenvalue weighted by Crippen LogP contribution is -2.23. The van der Waals surface area contributed by atoms with Crippen molar-refractivity contribution in [3.05, 3.63) is 94.1 Å². The Morgan fingerprint density at radius 3 is 2.72 bits per heavy atom. The number of amides is 1. The number of nitrogens with one attached hydrogen (secondary N) is 1. The van der Waals surface area contributed by atoms with Crippen LogP contribution in [0.5, 0.6) is 5.75 Å². The highest BCUT2D eigenvalue weighted by Gasteiger charge is 2.12. The van der Waals surface area contributed by atoms with Gasteiger partial charge in [0, 0.05) is 27.5 Å². The molecule has 0 spiro atoms. The zero-order valence-corrected chi connectivity index (χ0v) is 17.9. The number of benzene rings is 2. The van der Waals surface area contributed by atoms with Gasteiger partial charge in [-0.15, -0.1) is 11.3 Å². The zero-order valence-electron chi connectivity index (χ0n) is 17.1. The Bertz CT molecular complexity index is 1290. The van der Waals surface area contributed by atoms with E-state index in [4.69, 9.17) is 4.74 Å². The van der Waals surface area contributed by atoms with Crippen molar-refractivity contribution in [1.29, 1.82) is 5.26 Å². The van der Waals surface area contributed by atoms with Crippen LogP contribution in [0.25, 0.3) is 17.0 Å². The first-order chi connectivity index (χ1) is 15.6. The van der Waals surface area contributed by atoms with Crippen LogP contribution in [0.2, 0.25) is 0 Å². The summed E-state index contributed by atoms with van der Waals surface area (Å²) >= 11 is 1.55. The van der Waals surface area contributed by atoms with Crippen molar-refractivity contribution in [1.82, 2.24) is 9.88 Å². The van der Waals surface area contributed by atoms with E-state index in [-0.39, 0.29) is 11.4 Å². The molecule has 0 aliphatic heterocycles. The first-order valence-corrected chi connectivity index (χ1v) is 10.9. The quantitative estimate of drug-likeness (QED) is 0.301. The molecule has 7 heteroatoms. The highest BCUT2D eigenvalue weighted by molar-refractivity contribution is 7.09. The summed E-state index contributed by atoms with van der Waals surface area (Å²) < 4.78 is 20.8. The lowest BCUT2D eigenvalue weighted by molar-refractivity contribution is -0.117. The van der Waals surface area contributed by atoms with Gasteiger partial charge in [0.15, 0.2) is 0 Å². The third-order valence-electron chi connectivity index (χ3n) is 4.90. The molecule has 1 N–H and O–H groups in total. The normalized spacial score (nSPS) is 11.3. The van der Waals surface area contributed by atoms with Crippen LogP contribution < -0.4 is 10.1 Å². The molecule has 2 heterocycles. The molecule has 2 aromatic carbocycles. The Balaban J connectivity index is 1.51. The minimum Gasteiger partial charge on any atom is -0.492 e. The number of para-hydroxylation sites is 1. The Morgan fingerprint density at radius 2 is 1.97 bits per heavy atom. The van der Waals surface area contributed by atoms with E-state index < -0.39 is 5.91 Å². The lowest BCUT2D eigenvalue weighted by atomic mass is 10.1. The molecule has 2 aromatic heterocycles. The SMILES string of the molecule is N#C/C(=C\c1cn(CCOc2ccc(F)cc2)c2ccccc12)C(=O)NCc1cccs1. The number of thiophene rings is 1. The molecule has 4 rings (SSSR count). The number of hydrogen-bond donors (Lipinski definition) is 1. The van der Waals surface area contributed by atoms with Crippen molar-refractivity contribution >= 4 is 34.2 Å². The summed E-state index contributed by atoms with van der Waals surface area (Å²) in [6.07, 6.45) is 3.52. The van der Waals surface area contributed by atoms with Crippen LogP contribution in [0.15, 0.2) is 77.8 Å². The fourth-order valence-corrected chi connectivity index (χ4v) is 3.99. The van der Waals surface area contributed by atoms with Crippen molar-refractivity contribution in [3.8, 4) is 11.8 Å². The molecular formula is C25H20FN3O2S. The maximum atomic E-state index is 13.0. The number of nitrogens with zero attached hydrogens (tertiary/aromatic N) is 2. The van der Waals surface area contributed by atoms with Gasteiger partial charge in [-0.05, 0) is 47.9 Å². The van der Waals surface area contributed by atoms with E-state index >= 15 is 0 Å². The summed E-state index contributed by atoms with van der Waals surface area (Å²) in [5.41, 5.74) is 1.80. The average Bonchev–Trinajstić information content (AvgIpc) is 3.45. The molecule has 0 aliphatic carbocycles. The number of aromatic nitrogens is 1. The number of carbonyl (C=O) groups excluding carboxylic acids is 1. The highest BCUT2D eigenvalue weighted by atomic mass is 32.1. The smallest absolute Gasteiger partial charge is 0.262 e. The van der Waals surface area contributed by atoms with Gasteiger partial charge in [-0.2, -0.15) is 5.26 Å². The number of rotatable bonds is 8. The molecule has 0 saturated carbocycles. The highest BCUT2D eigenvalue weighted by Crippen LogP contribution is 2.24. The monoisotopic (exact) mass is 445 g/mol. The second-order valence-corrected chi connectivity index (χ2v) is 8.06. The van der Waals surface area contributed by atoms with E-state index in [1.54, 1.807) is 29.5 Å². The molecule has 0 aliphatic rings. The summed E-state index contributed by atoms with van der Waals surface area (Å²) in [6.45, 7) is 1.33. The Morgan fingerprint density at radius 1 is 1.16 bits per heavy atom. The van der Waals surface area contributed by atoms with Crippen LogP contribution in [-0.4, -0.2) is 17.1 Å². The van der Waals surface area contributed by atoms with Gasteiger partial charge in [0.05, 0.1) is 13.1 Å². The van der Waals surface area contributed by atoms with Gasteiger partial charge in [-0.3, -0.25) is 4.79 Å². The van der Waals surface area contributed by atoms with Gasteiger partial charge in [0.1, 0.15) is 29.8 Å². The van der Waals surface area contributed by atoms with Crippen molar-refractivity contribution < 1.29 is 13.9 Å². The van der Waals surface area contributed by atoms with Crippen molar-refractivity contribution in [3.63, 3.8) is 0 Å². The van der Waals surface area contributed by atoms with E-state index in [1.165, 1.54) is 12.1 Å². The molecule has 0 atom stereocenters. The molecule has 5 nitrogen and oxygen atoms in total. The molecule has 32 heavy (non-hydrogen) atoms. The molecule has 0 saturated heterocycles. The van der Waals surface area contributed by atoms with Crippen LogP contribution in [-0.2, 0) is 17.9 Å². The first-order valence-electron chi connectivity index (χ1n) is 10.0. The molecule has 4 aromatic rings. The van der Waals surface area contributed by atoms with Crippen LogP contribution in [0.3, 0.4) is 0 Å². The minimum atomic E-state index is -0.405. The average molecular weight is 446 g/mol. The Hall–Kier alpha value is -3.89. The van der Waals surface area contributed by atoms with Gasteiger partial charge in [0.2, 0.25) is 0 Å². The van der Waals surface area contributed by atoms with Gasteiger partial charge >= 0.3 is 0 Å². The molecule has 0 bridgehead atoms. The fraction of sp³-hybridized carbons (Fsp3) is 0.120. The van der Waals surface area contributed by atoms with E-state index in [9.17, 15) is 14.4 Å². The molecular weight excluding hydrogens is 425 g/mol. The molecule has 0 unspecified atom stereocenters. The maximum absolute atomic E-state index is 13.0. The number of halogens is 1. The van der Waals surface area contributed by atoms with Crippen LogP contribution in [0.4, 0.5) is 4.39 Å². The fourth-order valence-electron chi connectivity index (χ4n) is 3.35.